The smallest absolute Gasteiger partial charge is 0.195 e. The van der Waals surface area contributed by atoms with E-state index in [0.29, 0.717) is 29.2 Å². The van der Waals surface area contributed by atoms with Gasteiger partial charge in [-0.2, -0.15) is 0 Å². The maximum atomic E-state index is 13.6. The standard InChI is InChI=1S/C32H37FN2O3/c1-4-7-20-35-23-30(29-22-28(17-18-31(29)35)38-27-15-11-25(33)12-16-27)32(36)24-9-13-26(14-10-24)37-21-8-19-34(5-2)6-3/h9-18,22-23H,4-8,19-21H2,1-3H3. The number of carbonyl (C=O) groups excluding carboxylic acids is 1. The Labute approximate surface area is 224 Å². The number of ketones is 1. The molecule has 0 unspecified atom stereocenters. The summed E-state index contributed by atoms with van der Waals surface area (Å²) in [6.07, 6.45) is 4.99. The van der Waals surface area contributed by atoms with Gasteiger partial charge < -0.3 is 18.9 Å². The molecule has 3 aromatic carbocycles. The summed E-state index contributed by atoms with van der Waals surface area (Å²) in [5.74, 6) is 1.54. The van der Waals surface area contributed by atoms with E-state index in [0.717, 1.165) is 62.1 Å². The van der Waals surface area contributed by atoms with E-state index >= 15 is 0 Å². The van der Waals surface area contributed by atoms with E-state index < -0.39 is 0 Å². The quantitative estimate of drug-likeness (QED) is 0.127. The first-order valence-electron chi connectivity index (χ1n) is 13.6. The molecule has 0 aliphatic heterocycles. The molecule has 0 atom stereocenters. The van der Waals surface area contributed by atoms with E-state index in [1.165, 1.54) is 12.1 Å². The molecule has 0 amide bonds. The van der Waals surface area contributed by atoms with Gasteiger partial charge in [0.1, 0.15) is 23.1 Å². The predicted octanol–water partition coefficient (Wildman–Crippen LogP) is 7.71. The minimum Gasteiger partial charge on any atom is -0.494 e. The lowest BCUT2D eigenvalue weighted by Crippen LogP contribution is -2.25. The average Bonchev–Trinajstić information content (AvgIpc) is 3.31. The fourth-order valence-corrected chi connectivity index (χ4v) is 4.55. The van der Waals surface area contributed by atoms with Crippen LogP contribution in [0.15, 0.2) is 72.9 Å². The van der Waals surface area contributed by atoms with Crippen LogP contribution in [0.1, 0.15) is 56.0 Å². The van der Waals surface area contributed by atoms with Gasteiger partial charge in [0.05, 0.1) is 6.61 Å². The van der Waals surface area contributed by atoms with Gasteiger partial charge in [0.15, 0.2) is 5.78 Å². The topological polar surface area (TPSA) is 43.7 Å². The van der Waals surface area contributed by atoms with Crippen LogP contribution in [0.5, 0.6) is 17.2 Å². The SMILES string of the molecule is CCCCn1cc(C(=O)c2ccc(OCCCN(CC)CC)cc2)c2cc(Oc3ccc(F)cc3)ccc21. The first kappa shape index (κ1) is 27.4. The minimum atomic E-state index is -0.315. The highest BCUT2D eigenvalue weighted by Crippen LogP contribution is 2.31. The Bertz CT molecular complexity index is 1330. The minimum absolute atomic E-state index is 0.0442. The number of rotatable bonds is 14. The molecule has 0 radical (unpaired) electrons. The molecule has 38 heavy (non-hydrogen) atoms. The van der Waals surface area contributed by atoms with Crippen molar-refractivity contribution < 1.29 is 18.7 Å². The van der Waals surface area contributed by atoms with Crippen molar-refractivity contribution in [3.63, 3.8) is 0 Å². The van der Waals surface area contributed by atoms with E-state index in [9.17, 15) is 9.18 Å². The van der Waals surface area contributed by atoms with E-state index in [1.807, 2.05) is 48.7 Å². The van der Waals surface area contributed by atoms with Crippen molar-refractivity contribution in [3.8, 4) is 17.2 Å². The summed E-state index contributed by atoms with van der Waals surface area (Å²) in [6.45, 7) is 11.1. The van der Waals surface area contributed by atoms with Gasteiger partial charge >= 0.3 is 0 Å². The van der Waals surface area contributed by atoms with Crippen molar-refractivity contribution >= 4 is 16.7 Å². The van der Waals surface area contributed by atoms with Crippen LogP contribution in [-0.4, -0.2) is 41.5 Å². The molecule has 0 aliphatic rings. The van der Waals surface area contributed by atoms with Gasteiger partial charge in [-0.15, -0.1) is 0 Å². The van der Waals surface area contributed by atoms with Gasteiger partial charge in [-0.1, -0.05) is 27.2 Å². The zero-order chi connectivity index (χ0) is 26.9. The predicted molar refractivity (Wildman–Crippen MR) is 151 cm³/mol. The van der Waals surface area contributed by atoms with Crippen LogP contribution in [-0.2, 0) is 6.54 Å². The van der Waals surface area contributed by atoms with Gasteiger partial charge in [-0.25, -0.2) is 4.39 Å². The third-order valence-electron chi connectivity index (χ3n) is 6.80. The summed E-state index contributed by atoms with van der Waals surface area (Å²) >= 11 is 0. The number of nitrogens with zero attached hydrogens (tertiary/aromatic N) is 2. The zero-order valence-electron chi connectivity index (χ0n) is 22.6. The molecule has 0 spiro atoms. The van der Waals surface area contributed by atoms with Gasteiger partial charge in [0.25, 0.3) is 0 Å². The number of aryl methyl sites for hydroxylation is 1. The monoisotopic (exact) mass is 516 g/mol. The number of ether oxygens (including phenoxy) is 2. The first-order valence-corrected chi connectivity index (χ1v) is 13.6. The Kier molecular flexibility index (Phi) is 9.55. The molecule has 6 heteroatoms. The van der Waals surface area contributed by atoms with E-state index in [2.05, 4.69) is 30.2 Å². The number of carbonyl (C=O) groups is 1. The fourth-order valence-electron chi connectivity index (χ4n) is 4.55. The van der Waals surface area contributed by atoms with Crippen molar-refractivity contribution in [3.05, 3.63) is 89.9 Å². The molecule has 0 saturated heterocycles. The largest absolute Gasteiger partial charge is 0.494 e. The van der Waals surface area contributed by atoms with E-state index in [4.69, 9.17) is 9.47 Å². The molecule has 4 rings (SSSR count). The van der Waals surface area contributed by atoms with Crippen molar-refractivity contribution in [1.29, 1.82) is 0 Å². The third kappa shape index (κ3) is 6.81. The number of hydrogen-bond acceptors (Lipinski definition) is 4. The van der Waals surface area contributed by atoms with Gasteiger partial charge in [0, 0.05) is 41.3 Å². The fraction of sp³-hybridized carbons (Fsp3) is 0.344. The van der Waals surface area contributed by atoms with Crippen molar-refractivity contribution in [2.24, 2.45) is 0 Å². The molecule has 1 aromatic heterocycles. The van der Waals surface area contributed by atoms with Crippen LogP contribution in [0, 0.1) is 5.82 Å². The van der Waals surface area contributed by atoms with Crippen LogP contribution in [0.3, 0.4) is 0 Å². The normalized spacial score (nSPS) is 11.3. The first-order chi connectivity index (χ1) is 18.5. The number of fused-ring (bicyclic) bond motifs is 1. The maximum absolute atomic E-state index is 13.6. The summed E-state index contributed by atoms with van der Waals surface area (Å²) in [5.41, 5.74) is 2.23. The number of benzene rings is 3. The molecular formula is C32H37FN2O3. The maximum Gasteiger partial charge on any atom is 0.195 e. The number of unbranched alkanes of at least 4 members (excludes halogenated alkanes) is 1. The second kappa shape index (κ2) is 13.2. The molecule has 5 nitrogen and oxygen atoms in total. The Morgan fingerprint density at radius 1 is 0.868 bits per heavy atom. The molecule has 0 saturated carbocycles. The van der Waals surface area contributed by atoms with Crippen LogP contribution in [0.4, 0.5) is 4.39 Å². The Hall–Kier alpha value is -3.64. The van der Waals surface area contributed by atoms with Crippen LogP contribution >= 0.6 is 0 Å². The van der Waals surface area contributed by atoms with Crippen molar-refractivity contribution in [2.45, 2.75) is 46.6 Å². The third-order valence-corrected chi connectivity index (χ3v) is 6.80. The second-order valence-electron chi connectivity index (χ2n) is 9.41. The molecular weight excluding hydrogens is 479 g/mol. The molecule has 0 bridgehead atoms. The highest BCUT2D eigenvalue weighted by molar-refractivity contribution is 6.16. The van der Waals surface area contributed by atoms with E-state index in [1.54, 1.807) is 12.1 Å². The van der Waals surface area contributed by atoms with Gasteiger partial charge in [-0.3, -0.25) is 4.79 Å². The molecule has 0 aliphatic carbocycles. The molecule has 1 heterocycles. The lowest BCUT2D eigenvalue weighted by atomic mass is 10.0. The van der Waals surface area contributed by atoms with Crippen LogP contribution < -0.4 is 9.47 Å². The summed E-state index contributed by atoms with van der Waals surface area (Å²) in [5, 5.41) is 0.836. The molecule has 0 N–H and O–H groups in total. The summed E-state index contributed by atoms with van der Waals surface area (Å²) in [4.78, 5) is 16.0. The van der Waals surface area contributed by atoms with Crippen LogP contribution in [0.25, 0.3) is 10.9 Å². The summed E-state index contributed by atoms with van der Waals surface area (Å²) < 4.78 is 27.3. The van der Waals surface area contributed by atoms with E-state index in [-0.39, 0.29) is 11.6 Å². The molecule has 200 valence electrons. The Morgan fingerprint density at radius 2 is 1.55 bits per heavy atom. The van der Waals surface area contributed by atoms with Crippen LogP contribution in [0.2, 0.25) is 0 Å². The van der Waals surface area contributed by atoms with Gasteiger partial charge in [-0.05, 0) is 92.7 Å². The molecule has 4 aromatic rings. The van der Waals surface area contributed by atoms with Gasteiger partial charge in [0.2, 0.25) is 0 Å². The number of hydrogen-bond donors (Lipinski definition) is 0. The second-order valence-corrected chi connectivity index (χ2v) is 9.41. The lowest BCUT2D eigenvalue weighted by Gasteiger charge is -2.17. The molecule has 0 fully saturated rings. The lowest BCUT2D eigenvalue weighted by molar-refractivity contribution is 0.104. The number of halogens is 1. The zero-order valence-corrected chi connectivity index (χ0v) is 22.6. The summed E-state index contributed by atoms with van der Waals surface area (Å²) in [7, 11) is 0. The highest BCUT2D eigenvalue weighted by atomic mass is 19.1. The van der Waals surface area contributed by atoms with Crippen molar-refractivity contribution in [1.82, 2.24) is 9.47 Å². The van der Waals surface area contributed by atoms with Crippen molar-refractivity contribution in [2.75, 3.05) is 26.2 Å². The average molecular weight is 517 g/mol. The summed E-state index contributed by atoms with van der Waals surface area (Å²) in [6, 6.07) is 19.0. The Balaban J connectivity index is 1.53. The Morgan fingerprint density at radius 3 is 2.24 bits per heavy atom. The highest BCUT2D eigenvalue weighted by Gasteiger charge is 2.18. The number of aromatic nitrogens is 1.